The van der Waals surface area contributed by atoms with Crippen molar-refractivity contribution in [2.75, 3.05) is 0 Å². The minimum absolute atomic E-state index is 0. The molecular weight excluding hydrogens is 906 g/mol. The fourth-order valence-corrected chi connectivity index (χ4v) is 10.5. The predicted molar refractivity (Wildman–Crippen MR) is 258 cm³/mol. The smallest absolute Gasteiger partial charge is 0.657 e. The number of benzene rings is 4. The van der Waals surface area contributed by atoms with Gasteiger partial charge in [0.05, 0.1) is 33.2 Å². The van der Waals surface area contributed by atoms with Gasteiger partial charge in [0.25, 0.3) is 0 Å². The van der Waals surface area contributed by atoms with Crippen molar-refractivity contribution in [2.24, 2.45) is 0 Å². The van der Waals surface area contributed by atoms with E-state index in [2.05, 4.69) is 57.2 Å². The van der Waals surface area contributed by atoms with Crippen molar-refractivity contribution in [1.82, 2.24) is 19.9 Å². The summed E-state index contributed by atoms with van der Waals surface area (Å²) in [4.78, 5) is 31.8. The number of fused-ring (bicyclic) bond motifs is 8. The van der Waals surface area contributed by atoms with E-state index >= 15 is 17.6 Å². The molecule has 0 saturated heterocycles. The van der Waals surface area contributed by atoms with Crippen molar-refractivity contribution in [3.05, 3.63) is 157 Å². The molecular formula is C55H44F4N4OSZn. The Balaban J connectivity index is 0.00000592. The molecule has 0 saturated carbocycles. The molecule has 7 aromatic rings. The first-order valence-corrected chi connectivity index (χ1v) is 22.1. The van der Waals surface area contributed by atoms with Crippen LogP contribution in [0.15, 0.2) is 65.6 Å². The molecule has 326 valence electrons. The summed E-state index contributed by atoms with van der Waals surface area (Å²) in [6.07, 6.45) is 7.23. The minimum atomic E-state index is -1.69. The second kappa shape index (κ2) is 17.6. The van der Waals surface area contributed by atoms with Crippen molar-refractivity contribution in [2.45, 2.75) is 74.1 Å². The van der Waals surface area contributed by atoms with E-state index in [1.807, 2.05) is 65.8 Å². The van der Waals surface area contributed by atoms with E-state index in [0.717, 1.165) is 79.2 Å². The van der Waals surface area contributed by atoms with Gasteiger partial charge in [-0.2, -0.15) is 0 Å². The summed E-state index contributed by atoms with van der Waals surface area (Å²) in [5.74, 6) is -6.74. The summed E-state index contributed by atoms with van der Waals surface area (Å²) < 4.78 is 65.3. The van der Waals surface area contributed by atoms with Gasteiger partial charge in [-0.3, -0.25) is 4.79 Å². The average molecular weight is 950 g/mol. The molecule has 3 aromatic heterocycles. The van der Waals surface area contributed by atoms with Gasteiger partial charge in [-0.15, -0.1) is 22.1 Å². The first kappa shape index (κ1) is 46.4. The van der Waals surface area contributed by atoms with E-state index < -0.39 is 38.8 Å². The maximum absolute atomic E-state index is 16.7. The monoisotopic (exact) mass is 948 g/mol. The first-order chi connectivity index (χ1) is 30.9. The summed E-state index contributed by atoms with van der Waals surface area (Å²) in [5.41, 5.74) is 16.2. The molecule has 2 aliphatic heterocycles. The molecule has 0 N–H and O–H groups in total. The van der Waals surface area contributed by atoms with Gasteiger partial charge in [-0.1, -0.05) is 77.4 Å². The van der Waals surface area contributed by atoms with Crippen LogP contribution in [0, 0.1) is 85.6 Å². The Bertz CT molecular complexity index is 3340. The second-order valence-corrected chi connectivity index (χ2v) is 18.4. The van der Waals surface area contributed by atoms with Crippen LogP contribution < -0.4 is 9.97 Å². The molecule has 0 spiro atoms. The molecule has 4 aromatic carbocycles. The quantitative estimate of drug-likeness (QED) is 0.0741. The third-order valence-corrected chi connectivity index (χ3v) is 13.0. The van der Waals surface area contributed by atoms with Crippen LogP contribution in [-0.4, -0.2) is 15.1 Å². The molecule has 8 bridgehead atoms. The number of aromatic nitrogens is 4. The van der Waals surface area contributed by atoms with Gasteiger partial charge in [0, 0.05) is 6.92 Å². The number of carbonyl (C=O) groups excluding carboxylic acids is 1. The number of halogens is 4. The second-order valence-electron chi connectivity index (χ2n) is 17.2. The van der Waals surface area contributed by atoms with Gasteiger partial charge in [0.1, 0.15) is 0 Å². The van der Waals surface area contributed by atoms with Gasteiger partial charge in [-0.05, 0) is 171 Å². The van der Waals surface area contributed by atoms with Crippen LogP contribution >= 0.6 is 11.8 Å². The Morgan fingerprint density at radius 1 is 0.424 bits per heavy atom. The van der Waals surface area contributed by atoms with Crippen molar-refractivity contribution < 1.29 is 41.8 Å². The van der Waals surface area contributed by atoms with Crippen LogP contribution in [0.1, 0.15) is 79.8 Å². The number of rotatable bonds is 5. The van der Waals surface area contributed by atoms with Crippen LogP contribution in [0.5, 0.6) is 0 Å². The van der Waals surface area contributed by atoms with E-state index in [1.165, 1.54) is 0 Å². The molecule has 0 fully saturated rings. The Kier molecular flexibility index (Phi) is 12.3. The van der Waals surface area contributed by atoms with E-state index in [-0.39, 0.29) is 48.0 Å². The van der Waals surface area contributed by atoms with E-state index in [9.17, 15) is 4.79 Å². The zero-order valence-electron chi connectivity index (χ0n) is 38.4. The molecule has 5 heterocycles. The molecule has 0 radical (unpaired) electrons. The maximum atomic E-state index is 16.7. The Hall–Kier alpha value is -6.16. The maximum Gasteiger partial charge on any atom is 2.00 e. The van der Waals surface area contributed by atoms with Crippen LogP contribution in [0.3, 0.4) is 0 Å². The van der Waals surface area contributed by atoms with E-state index in [0.29, 0.717) is 44.8 Å². The number of aryl methyl sites for hydroxylation is 9. The third-order valence-electron chi connectivity index (χ3n) is 12.1. The summed E-state index contributed by atoms with van der Waals surface area (Å²) >= 11 is 0.0821. The SMILES string of the molecule is CC(=O)Sc1c(F)c(F)c(-c2c3nc(c(-c4c(C)cc(C)cc4C)c4ccc([n-]4)c(-c4c(C)cc(C)cc4C)c4nc(c(-c5c(C)cc(C)cc5C)c5ccc2[n-]5)C=C4)C=C3)c(F)c1F.[Zn+2]. The fourth-order valence-electron chi connectivity index (χ4n) is 9.90. The normalized spacial score (nSPS) is 12.0. The zero-order chi connectivity index (χ0) is 46.3. The van der Waals surface area contributed by atoms with E-state index in [4.69, 9.17) is 19.9 Å². The summed E-state index contributed by atoms with van der Waals surface area (Å²) in [6.45, 7) is 19.4. The van der Waals surface area contributed by atoms with E-state index in [1.54, 1.807) is 24.3 Å². The van der Waals surface area contributed by atoms with Gasteiger partial charge in [-0.25, -0.2) is 27.5 Å². The van der Waals surface area contributed by atoms with Crippen molar-refractivity contribution >= 4 is 63.2 Å². The Morgan fingerprint density at radius 3 is 0.939 bits per heavy atom. The van der Waals surface area contributed by atoms with Gasteiger partial charge < -0.3 is 9.97 Å². The number of carbonyl (C=O) groups is 1. The molecule has 11 heteroatoms. The van der Waals surface area contributed by atoms with Crippen LogP contribution in [0.2, 0.25) is 0 Å². The molecule has 0 amide bonds. The molecule has 66 heavy (non-hydrogen) atoms. The molecule has 9 rings (SSSR count). The standard InChI is InChI=1S/C55H44F4N4OS.Zn/c1-25-19-28(4)43(29(5)20-25)46-35-11-13-37(60-35)47(44-30(6)21-26(2)22-31(44)7)39-15-17-41(62-39)49(50-51(56)53(58)55(65-34(10)64)54(59)52(50)57)42-18-16-40(63-42)48(38-14-12-36(46)61-38)45-32(8)23-27(3)24-33(45)9;/h11-24H,1-10H3;/q-2;+2. The van der Waals surface area contributed by atoms with Gasteiger partial charge in [0.15, 0.2) is 28.4 Å². The van der Waals surface area contributed by atoms with Crippen LogP contribution in [0.4, 0.5) is 17.6 Å². The number of hydrogen-bond acceptors (Lipinski definition) is 4. The Labute approximate surface area is 398 Å². The summed E-state index contributed by atoms with van der Waals surface area (Å²) in [5, 5.41) is -0.742. The number of nitrogens with zero attached hydrogens (tertiary/aromatic N) is 4. The summed E-state index contributed by atoms with van der Waals surface area (Å²) in [6, 6.07) is 19.8. The predicted octanol–water partition coefficient (Wildman–Crippen LogP) is 14.6. The zero-order valence-corrected chi connectivity index (χ0v) is 42.2. The number of thioether (sulfide) groups is 1. The van der Waals surface area contributed by atoms with Crippen LogP contribution in [-0.2, 0) is 24.3 Å². The van der Waals surface area contributed by atoms with Crippen molar-refractivity contribution in [3.8, 4) is 44.5 Å². The molecule has 0 aliphatic carbocycles. The molecule has 2 aliphatic rings. The van der Waals surface area contributed by atoms with Crippen molar-refractivity contribution in [1.29, 1.82) is 0 Å². The van der Waals surface area contributed by atoms with Gasteiger partial charge in [0.2, 0.25) is 0 Å². The third kappa shape index (κ3) is 7.90. The Morgan fingerprint density at radius 2 is 0.682 bits per heavy atom. The fraction of sp³-hybridized carbons (Fsp3) is 0.182. The first-order valence-electron chi connectivity index (χ1n) is 21.3. The number of hydrogen-bond donors (Lipinski definition) is 0. The van der Waals surface area contributed by atoms with Crippen molar-refractivity contribution in [3.63, 3.8) is 0 Å². The molecule has 0 unspecified atom stereocenters. The largest absolute Gasteiger partial charge is 2.00 e. The topological polar surface area (TPSA) is 71.1 Å². The summed E-state index contributed by atoms with van der Waals surface area (Å²) in [7, 11) is 0. The van der Waals surface area contributed by atoms with Crippen LogP contribution in [0.25, 0.3) is 90.9 Å². The minimum Gasteiger partial charge on any atom is -0.657 e. The van der Waals surface area contributed by atoms with Gasteiger partial charge >= 0.3 is 19.5 Å². The average Bonchev–Trinajstić information content (AvgIpc) is 4.07. The molecule has 5 nitrogen and oxygen atoms in total. The molecule has 0 atom stereocenters.